The van der Waals surface area contributed by atoms with Crippen LogP contribution in [0.15, 0.2) is 71.6 Å². The number of aromatic nitrogens is 1. The number of hydrogen-bond acceptors (Lipinski definition) is 2. The van der Waals surface area contributed by atoms with Gasteiger partial charge in [0.15, 0.2) is 0 Å². The standard InChI is InChI=1S/C26H25ClN2OS/c1-17-18(2)29(16-20-4-9-22(27)10-5-20)25-13-8-21(14-24(17)25)26(30)28-15-19-6-11-23(31-3)12-7-19/h4-14H,15-16H2,1-3H3,(H,28,30). The highest BCUT2D eigenvalue weighted by atomic mass is 35.5. The van der Waals surface area contributed by atoms with Crippen molar-refractivity contribution in [3.05, 3.63) is 99.7 Å². The van der Waals surface area contributed by atoms with E-state index in [1.165, 1.54) is 21.7 Å². The molecule has 4 rings (SSSR count). The molecule has 0 aliphatic carbocycles. The van der Waals surface area contributed by atoms with Crippen LogP contribution in [0, 0.1) is 13.8 Å². The molecule has 0 atom stereocenters. The molecule has 3 aromatic carbocycles. The summed E-state index contributed by atoms with van der Waals surface area (Å²) in [5.41, 5.74) is 6.50. The van der Waals surface area contributed by atoms with E-state index in [9.17, 15) is 4.79 Å². The number of rotatable bonds is 6. The second-order valence-corrected chi connectivity index (χ2v) is 9.00. The van der Waals surface area contributed by atoms with Gasteiger partial charge in [0.05, 0.1) is 0 Å². The second-order valence-electron chi connectivity index (χ2n) is 7.69. The fourth-order valence-corrected chi connectivity index (χ4v) is 4.33. The molecule has 1 N–H and O–H groups in total. The monoisotopic (exact) mass is 448 g/mol. The fourth-order valence-electron chi connectivity index (χ4n) is 3.79. The van der Waals surface area contributed by atoms with E-state index < -0.39 is 0 Å². The summed E-state index contributed by atoms with van der Waals surface area (Å²) in [7, 11) is 0. The molecule has 4 aromatic rings. The predicted molar refractivity (Wildman–Crippen MR) is 131 cm³/mol. The summed E-state index contributed by atoms with van der Waals surface area (Å²) in [5, 5.41) is 4.89. The number of nitrogens with zero attached hydrogens (tertiary/aromatic N) is 1. The Kier molecular flexibility index (Phi) is 6.40. The Morgan fingerprint density at radius 2 is 1.65 bits per heavy atom. The minimum atomic E-state index is -0.0571. The summed E-state index contributed by atoms with van der Waals surface area (Å²) in [6.45, 7) is 5.53. The normalized spacial score (nSPS) is 11.1. The minimum Gasteiger partial charge on any atom is -0.348 e. The number of nitrogens with one attached hydrogen (secondary N) is 1. The third kappa shape index (κ3) is 4.65. The SMILES string of the molecule is CSc1ccc(CNC(=O)c2ccc3c(c2)c(C)c(C)n3Cc2ccc(Cl)cc2)cc1. The first-order valence-corrected chi connectivity index (χ1v) is 11.8. The van der Waals surface area contributed by atoms with Crippen LogP contribution in [0.5, 0.6) is 0 Å². The molecule has 158 valence electrons. The van der Waals surface area contributed by atoms with Gasteiger partial charge in [0.1, 0.15) is 0 Å². The number of carbonyl (C=O) groups is 1. The zero-order chi connectivity index (χ0) is 22.0. The quantitative estimate of drug-likeness (QED) is 0.336. The Hall–Kier alpha value is -2.69. The minimum absolute atomic E-state index is 0.0571. The molecule has 0 radical (unpaired) electrons. The number of carbonyl (C=O) groups excluding carboxylic acids is 1. The molecular weight excluding hydrogens is 424 g/mol. The van der Waals surface area contributed by atoms with Gasteiger partial charge in [0.2, 0.25) is 0 Å². The predicted octanol–water partition coefficient (Wildman–Crippen LogP) is 6.61. The van der Waals surface area contributed by atoms with E-state index in [0.717, 1.165) is 28.0 Å². The molecule has 0 saturated carbocycles. The Morgan fingerprint density at radius 1 is 0.968 bits per heavy atom. The molecule has 1 amide bonds. The number of benzene rings is 3. The Labute approximate surface area is 192 Å². The van der Waals surface area contributed by atoms with Gasteiger partial charge in [-0.15, -0.1) is 11.8 Å². The Balaban J connectivity index is 1.55. The highest BCUT2D eigenvalue weighted by Gasteiger charge is 2.14. The molecule has 5 heteroatoms. The van der Waals surface area contributed by atoms with Gasteiger partial charge in [-0.1, -0.05) is 35.9 Å². The largest absolute Gasteiger partial charge is 0.348 e. The smallest absolute Gasteiger partial charge is 0.251 e. The number of amides is 1. The van der Waals surface area contributed by atoms with Crippen molar-refractivity contribution in [2.75, 3.05) is 6.26 Å². The molecular formula is C26H25ClN2OS. The van der Waals surface area contributed by atoms with E-state index in [4.69, 9.17) is 11.6 Å². The van der Waals surface area contributed by atoms with Gasteiger partial charge in [-0.3, -0.25) is 4.79 Å². The summed E-state index contributed by atoms with van der Waals surface area (Å²) in [5.74, 6) is -0.0571. The second kappa shape index (κ2) is 9.21. The lowest BCUT2D eigenvalue weighted by atomic mass is 10.1. The van der Waals surface area contributed by atoms with Crippen LogP contribution in [0.3, 0.4) is 0 Å². The first-order chi connectivity index (χ1) is 15.0. The number of hydrogen-bond donors (Lipinski definition) is 1. The van der Waals surface area contributed by atoms with E-state index in [2.05, 4.69) is 66.4 Å². The van der Waals surface area contributed by atoms with Gasteiger partial charge in [-0.2, -0.15) is 0 Å². The lowest BCUT2D eigenvalue weighted by molar-refractivity contribution is 0.0951. The van der Waals surface area contributed by atoms with Crippen LogP contribution < -0.4 is 5.32 Å². The lowest BCUT2D eigenvalue weighted by Crippen LogP contribution is -2.22. The summed E-state index contributed by atoms with van der Waals surface area (Å²) < 4.78 is 2.29. The van der Waals surface area contributed by atoms with Crippen LogP contribution >= 0.6 is 23.4 Å². The molecule has 0 aliphatic rings. The zero-order valence-corrected chi connectivity index (χ0v) is 19.5. The van der Waals surface area contributed by atoms with E-state index in [1.54, 1.807) is 11.8 Å². The zero-order valence-electron chi connectivity index (χ0n) is 17.9. The molecule has 0 unspecified atom stereocenters. The lowest BCUT2D eigenvalue weighted by Gasteiger charge is -2.10. The van der Waals surface area contributed by atoms with Gasteiger partial charge >= 0.3 is 0 Å². The fraction of sp³-hybridized carbons (Fsp3) is 0.192. The third-order valence-corrected chi connectivity index (χ3v) is 6.76. The van der Waals surface area contributed by atoms with Crippen molar-refractivity contribution >= 4 is 40.2 Å². The van der Waals surface area contributed by atoms with E-state index in [1.807, 2.05) is 30.3 Å². The van der Waals surface area contributed by atoms with Gasteiger partial charge in [0, 0.05) is 45.2 Å². The first-order valence-electron chi connectivity index (χ1n) is 10.2. The Bertz CT molecular complexity index is 1230. The molecule has 31 heavy (non-hydrogen) atoms. The van der Waals surface area contributed by atoms with Gasteiger partial charge in [0.25, 0.3) is 5.91 Å². The van der Waals surface area contributed by atoms with E-state index in [-0.39, 0.29) is 5.91 Å². The summed E-state index contributed by atoms with van der Waals surface area (Å²) in [4.78, 5) is 14.0. The van der Waals surface area contributed by atoms with E-state index in [0.29, 0.717) is 12.1 Å². The Morgan fingerprint density at radius 3 is 2.32 bits per heavy atom. The average molecular weight is 449 g/mol. The molecule has 1 heterocycles. The molecule has 0 saturated heterocycles. The summed E-state index contributed by atoms with van der Waals surface area (Å²) >= 11 is 7.73. The van der Waals surface area contributed by atoms with Crippen molar-refractivity contribution < 1.29 is 4.79 Å². The third-order valence-electron chi connectivity index (χ3n) is 5.77. The van der Waals surface area contributed by atoms with Gasteiger partial charge in [-0.05, 0) is 79.3 Å². The average Bonchev–Trinajstić information content (AvgIpc) is 3.03. The number of fused-ring (bicyclic) bond motifs is 1. The maximum Gasteiger partial charge on any atom is 0.251 e. The molecule has 1 aromatic heterocycles. The van der Waals surface area contributed by atoms with Crippen molar-refractivity contribution in [1.82, 2.24) is 9.88 Å². The van der Waals surface area contributed by atoms with E-state index >= 15 is 0 Å². The van der Waals surface area contributed by atoms with Gasteiger partial charge in [-0.25, -0.2) is 0 Å². The first kappa shape index (κ1) is 21.5. The number of aryl methyl sites for hydroxylation is 1. The molecule has 0 aliphatic heterocycles. The summed E-state index contributed by atoms with van der Waals surface area (Å²) in [6, 6.07) is 22.2. The van der Waals surface area contributed by atoms with Crippen LogP contribution in [-0.4, -0.2) is 16.7 Å². The number of thioether (sulfide) groups is 1. The van der Waals surface area contributed by atoms with Crippen molar-refractivity contribution in [2.24, 2.45) is 0 Å². The maximum atomic E-state index is 12.8. The van der Waals surface area contributed by atoms with Crippen LogP contribution in [0.1, 0.15) is 32.7 Å². The highest BCUT2D eigenvalue weighted by molar-refractivity contribution is 7.98. The van der Waals surface area contributed by atoms with Crippen LogP contribution in [0.2, 0.25) is 5.02 Å². The van der Waals surface area contributed by atoms with Crippen molar-refractivity contribution in [1.29, 1.82) is 0 Å². The molecule has 0 bridgehead atoms. The van der Waals surface area contributed by atoms with Crippen LogP contribution in [0.25, 0.3) is 10.9 Å². The highest BCUT2D eigenvalue weighted by Crippen LogP contribution is 2.27. The maximum absolute atomic E-state index is 12.8. The summed E-state index contributed by atoms with van der Waals surface area (Å²) in [6.07, 6.45) is 2.05. The topological polar surface area (TPSA) is 34.0 Å². The molecule has 0 spiro atoms. The van der Waals surface area contributed by atoms with Crippen molar-refractivity contribution in [3.63, 3.8) is 0 Å². The van der Waals surface area contributed by atoms with Gasteiger partial charge < -0.3 is 9.88 Å². The van der Waals surface area contributed by atoms with Crippen molar-refractivity contribution in [2.45, 2.75) is 31.8 Å². The molecule has 0 fully saturated rings. The van der Waals surface area contributed by atoms with Crippen molar-refractivity contribution in [3.8, 4) is 0 Å². The molecule has 3 nitrogen and oxygen atoms in total. The van der Waals surface area contributed by atoms with Crippen LogP contribution in [0.4, 0.5) is 0 Å². The number of halogens is 1. The van der Waals surface area contributed by atoms with Crippen LogP contribution in [-0.2, 0) is 13.1 Å².